The summed E-state index contributed by atoms with van der Waals surface area (Å²) in [6, 6.07) is 22.2. The van der Waals surface area contributed by atoms with Gasteiger partial charge >= 0.3 is 5.97 Å². The number of carbonyl (C=O) groups is 2. The molecule has 4 nitrogen and oxygen atoms in total. The molecule has 0 aliphatic heterocycles. The first kappa shape index (κ1) is 17.7. The molecule has 0 aliphatic carbocycles. The maximum Gasteiger partial charge on any atom is 0.326 e. The molecule has 0 spiro atoms. The number of carbonyl (C=O) groups excluding carboxylic acids is 1. The van der Waals surface area contributed by atoms with Crippen LogP contribution < -0.4 is 5.32 Å². The molecule has 0 unspecified atom stereocenters. The molecule has 26 heavy (non-hydrogen) atoms. The largest absolute Gasteiger partial charge is 0.480 e. The summed E-state index contributed by atoms with van der Waals surface area (Å²) >= 11 is 0. The van der Waals surface area contributed by atoms with E-state index >= 15 is 0 Å². The molecule has 3 aromatic rings. The fraction of sp³-hybridized carbons (Fsp3) is 0.182. The molecule has 0 saturated heterocycles. The van der Waals surface area contributed by atoms with Gasteiger partial charge in [-0.05, 0) is 47.7 Å². The first-order valence-electron chi connectivity index (χ1n) is 8.70. The molecule has 0 bridgehead atoms. The van der Waals surface area contributed by atoms with Crippen molar-refractivity contribution in [2.24, 2.45) is 0 Å². The number of rotatable bonds is 7. The van der Waals surface area contributed by atoms with Crippen molar-refractivity contribution in [3.63, 3.8) is 0 Å². The summed E-state index contributed by atoms with van der Waals surface area (Å²) in [5.74, 6) is -1.37. The normalized spacial score (nSPS) is 11.8. The van der Waals surface area contributed by atoms with Gasteiger partial charge in [-0.25, -0.2) is 4.79 Å². The number of hydrogen-bond donors (Lipinski definition) is 2. The average molecular weight is 347 g/mol. The summed E-state index contributed by atoms with van der Waals surface area (Å²) < 4.78 is 0. The highest BCUT2D eigenvalue weighted by Gasteiger charge is 2.20. The van der Waals surface area contributed by atoms with Crippen molar-refractivity contribution in [3.05, 3.63) is 83.9 Å². The number of benzene rings is 3. The lowest BCUT2D eigenvalue weighted by Crippen LogP contribution is -2.40. The number of aryl methyl sites for hydroxylation is 1. The zero-order valence-electron chi connectivity index (χ0n) is 14.4. The molecule has 0 aromatic heterocycles. The van der Waals surface area contributed by atoms with Crippen molar-refractivity contribution in [2.75, 3.05) is 0 Å². The van der Waals surface area contributed by atoms with Crippen molar-refractivity contribution in [3.8, 4) is 0 Å². The van der Waals surface area contributed by atoms with Crippen LogP contribution in [0.2, 0.25) is 0 Å². The van der Waals surface area contributed by atoms with E-state index in [4.69, 9.17) is 0 Å². The number of carboxylic acids is 1. The molecular weight excluding hydrogens is 326 g/mol. The molecule has 0 radical (unpaired) electrons. The Labute approximate surface area is 152 Å². The van der Waals surface area contributed by atoms with Gasteiger partial charge in [0.1, 0.15) is 6.04 Å². The Balaban J connectivity index is 1.62. The van der Waals surface area contributed by atoms with Gasteiger partial charge in [0.25, 0.3) is 5.91 Å². The van der Waals surface area contributed by atoms with Crippen LogP contribution in [0.4, 0.5) is 0 Å². The Bertz CT molecular complexity index is 905. The van der Waals surface area contributed by atoms with Crippen molar-refractivity contribution >= 4 is 22.6 Å². The van der Waals surface area contributed by atoms with Crippen LogP contribution in [0, 0.1) is 0 Å². The van der Waals surface area contributed by atoms with Crippen LogP contribution in [0.1, 0.15) is 28.8 Å². The van der Waals surface area contributed by atoms with Gasteiger partial charge in [0.15, 0.2) is 0 Å². The van der Waals surface area contributed by atoms with Crippen LogP contribution in [0.25, 0.3) is 10.8 Å². The molecule has 1 atom stereocenters. The summed E-state index contributed by atoms with van der Waals surface area (Å²) in [6.45, 7) is 0. The molecule has 132 valence electrons. The van der Waals surface area contributed by atoms with Crippen LogP contribution in [0.15, 0.2) is 72.8 Å². The minimum absolute atomic E-state index is 0.358. The minimum Gasteiger partial charge on any atom is -0.480 e. The van der Waals surface area contributed by atoms with Crippen LogP contribution in [-0.4, -0.2) is 23.0 Å². The topological polar surface area (TPSA) is 66.4 Å². The van der Waals surface area contributed by atoms with Gasteiger partial charge in [0.2, 0.25) is 0 Å². The Morgan fingerprint density at radius 3 is 2.31 bits per heavy atom. The van der Waals surface area contributed by atoms with Gasteiger partial charge in [0.05, 0.1) is 0 Å². The molecule has 0 fully saturated rings. The van der Waals surface area contributed by atoms with E-state index in [0.717, 1.165) is 22.8 Å². The Morgan fingerprint density at radius 1 is 0.885 bits per heavy atom. The number of fused-ring (bicyclic) bond motifs is 1. The lowest BCUT2D eigenvalue weighted by atomic mass is 10.0. The van der Waals surface area contributed by atoms with E-state index in [2.05, 4.69) is 5.32 Å². The quantitative estimate of drug-likeness (QED) is 0.678. The van der Waals surface area contributed by atoms with E-state index in [9.17, 15) is 14.7 Å². The van der Waals surface area contributed by atoms with Crippen molar-refractivity contribution < 1.29 is 14.7 Å². The molecule has 3 aromatic carbocycles. The average Bonchev–Trinajstić information content (AvgIpc) is 2.67. The summed E-state index contributed by atoms with van der Waals surface area (Å²) in [6.07, 6.45) is 1.87. The Hall–Kier alpha value is -3.14. The van der Waals surface area contributed by atoms with Crippen LogP contribution in [-0.2, 0) is 11.2 Å². The van der Waals surface area contributed by atoms with Gasteiger partial charge in [-0.15, -0.1) is 0 Å². The van der Waals surface area contributed by atoms with E-state index in [-0.39, 0.29) is 5.91 Å². The van der Waals surface area contributed by atoms with E-state index in [0.29, 0.717) is 18.4 Å². The third kappa shape index (κ3) is 4.48. The lowest BCUT2D eigenvalue weighted by Gasteiger charge is -2.15. The zero-order valence-corrected chi connectivity index (χ0v) is 14.4. The van der Waals surface area contributed by atoms with Gasteiger partial charge in [-0.3, -0.25) is 4.79 Å². The fourth-order valence-electron chi connectivity index (χ4n) is 2.98. The molecule has 4 heteroatoms. The fourth-order valence-corrected chi connectivity index (χ4v) is 2.98. The zero-order chi connectivity index (χ0) is 18.4. The molecular formula is C22H21NO3. The maximum atomic E-state index is 12.5. The smallest absolute Gasteiger partial charge is 0.326 e. The van der Waals surface area contributed by atoms with Crippen molar-refractivity contribution in [1.82, 2.24) is 5.32 Å². The molecule has 3 rings (SSSR count). The summed E-state index contributed by atoms with van der Waals surface area (Å²) in [7, 11) is 0. The highest BCUT2D eigenvalue weighted by molar-refractivity contribution is 6.00. The predicted molar refractivity (Wildman–Crippen MR) is 102 cm³/mol. The second kappa shape index (κ2) is 8.30. The van der Waals surface area contributed by atoms with Gasteiger partial charge in [-0.1, -0.05) is 60.7 Å². The SMILES string of the molecule is O=C(N[C@@H](CCCc1ccccc1)C(=O)O)c1ccc2ccccc2c1. The second-order valence-electron chi connectivity index (χ2n) is 6.30. The van der Waals surface area contributed by atoms with Crippen molar-refractivity contribution in [1.29, 1.82) is 0 Å². The molecule has 1 amide bonds. The maximum absolute atomic E-state index is 12.5. The summed E-state index contributed by atoms with van der Waals surface area (Å²) in [4.78, 5) is 24.0. The van der Waals surface area contributed by atoms with E-state index in [1.54, 1.807) is 12.1 Å². The van der Waals surface area contributed by atoms with E-state index < -0.39 is 12.0 Å². The van der Waals surface area contributed by atoms with E-state index in [1.807, 2.05) is 60.7 Å². The second-order valence-corrected chi connectivity index (χ2v) is 6.30. The molecule has 0 heterocycles. The highest BCUT2D eigenvalue weighted by Crippen LogP contribution is 2.16. The van der Waals surface area contributed by atoms with E-state index in [1.165, 1.54) is 0 Å². The number of nitrogens with one attached hydrogen (secondary N) is 1. The molecule has 0 saturated carbocycles. The number of amides is 1. The first-order chi connectivity index (χ1) is 12.6. The molecule has 0 aliphatic rings. The predicted octanol–water partition coefficient (Wildman–Crippen LogP) is 4.05. The Morgan fingerprint density at radius 2 is 1.58 bits per heavy atom. The summed E-state index contributed by atoms with van der Waals surface area (Å²) in [5, 5.41) is 14.1. The minimum atomic E-state index is -1.01. The number of aliphatic carboxylic acids is 1. The highest BCUT2D eigenvalue weighted by atomic mass is 16.4. The van der Waals surface area contributed by atoms with Gasteiger partial charge in [0, 0.05) is 5.56 Å². The van der Waals surface area contributed by atoms with Gasteiger partial charge < -0.3 is 10.4 Å². The van der Waals surface area contributed by atoms with Crippen molar-refractivity contribution in [2.45, 2.75) is 25.3 Å². The number of hydrogen-bond acceptors (Lipinski definition) is 2. The number of carboxylic acid groups (broad SMARTS) is 1. The molecule has 2 N–H and O–H groups in total. The van der Waals surface area contributed by atoms with Gasteiger partial charge in [-0.2, -0.15) is 0 Å². The lowest BCUT2D eigenvalue weighted by molar-refractivity contribution is -0.139. The van der Waals surface area contributed by atoms with Crippen LogP contribution in [0.3, 0.4) is 0 Å². The third-order valence-corrected chi connectivity index (χ3v) is 4.42. The third-order valence-electron chi connectivity index (χ3n) is 4.42. The van der Waals surface area contributed by atoms with Crippen LogP contribution in [0.5, 0.6) is 0 Å². The first-order valence-corrected chi connectivity index (χ1v) is 8.70. The summed E-state index contributed by atoms with van der Waals surface area (Å²) in [5.41, 5.74) is 1.63. The van der Waals surface area contributed by atoms with Crippen LogP contribution >= 0.6 is 0 Å². The standard InChI is InChI=1S/C22H21NO3/c24-21(19-14-13-17-10-4-5-11-18(17)15-19)23-20(22(25)26)12-6-9-16-7-2-1-3-8-16/h1-5,7-8,10-11,13-15,20H,6,9,12H2,(H,23,24)(H,25,26)/t20-/m0/s1. The Kier molecular flexibility index (Phi) is 5.64. The monoisotopic (exact) mass is 347 g/mol.